The summed E-state index contributed by atoms with van der Waals surface area (Å²) in [5.74, 6) is 5.18. The highest BCUT2D eigenvalue weighted by atomic mass is 16.4. The lowest BCUT2D eigenvalue weighted by molar-refractivity contribution is -0.138. The van der Waals surface area contributed by atoms with Crippen LogP contribution in [0.5, 0.6) is 0 Å². The predicted molar refractivity (Wildman–Crippen MR) is 92.2 cm³/mol. The van der Waals surface area contributed by atoms with Gasteiger partial charge in [-0.15, -0.1) is 0 Å². The summed E-state index contributed by atoms with van der Waals surface area (Å²) >= 11 is 0. The van der Waals surface area contributed by atoms with Crippen molar-refractivity contribution in [2.45, 2.75) is 13.0 Å². The van der Waals surface area contributed by atoms with Crippen LogP contribution in [-0.4, -0.2) is 11.1 Å². The quantitative estimate of drug-likeness (QED) is 0.570. The zero-order chi connectivity index (χ0) is 16.4. The molecule has 0 saturated carbocycles. The third-order valence-corrected chi connectivity index (χ3v) is 3.96. The molecule has 0 fully saturated rings. The van der Waals surface area contributed by atoms with Gasteiger partial charge in [0.05, 0.1) is 5.69 Å². The number of carboxylic acids is 1. The molecule has 1 atom stereocenters. The summed E-state index contributed by atoms with van der Waals surface area (Å²) in [7, 11) is 0. The molecule has 0 spiro atoms. The molecule has 0 heterocycles. The van der Waals surface area contributed by atoms with Gasteiger partial charge in [0.1, 0.15) is 0 Å². The normalized spacial score (nSPS) is 12.1. The number of benzene rings is 3. The van der Waals surface area contributed by atoms with Crippen molar-refractivity contribution < 1.29 is 9.90 Å². The molecule has 4 heteroatoms. The van der Waals surface area contributed by atoms with Crippen LogP contribution >= 0.6 is 0 Å². The van der Waals surface area contributed by atoms with Gasteiger partial charge < -0.3 is 5.11 Å². The zero-order valence-electron chi connectivity index (χ0n) is 12.8. The van der Waals surface area contributed by atoms with E-state index in [1.165, 1.54) is 5.01 Å². The van der Waals surface area contributed by atoms with Crippen molar-refractivity contribution in [3.63, 3.8) is 0 Å². The van der Waals surface area contributed by atoms with E-state index >= 15 is 0 Å². The molecular weight excluding hydrogens is 288 g/mol. The number of aliphatic carboxylic acids is 1. The lowest BCUT2D eigenvalue weighted by atomic mass is 9.98. The lowest BCUT2D eigenvalue weighted by Gasteiger charge is -2.27. The van der Waals surface area contributed by atoms with Gasteiger partial charge in [-0.3, -0.25) is 5.01 Å². The Morgan fingerprint density at radius 3 is 2.35 bits per heavy atom. The van der Waals surface area contributed by atoms with Crippen molar-refractivity contribution in [3.8, 4) is 0 Å². The number of aryl methyl sites for hydroxylation is 1. The Bertz CT molecular complexity index is 838. The Kier molecular flexibility index (Phi) is 4.00. The highest BCUT2D eigenvalue weighted by molar-refractivity contribution is 5.92. The van der Waals surface area contributed by atoms with Crippen LogP contribution in [0.2, 0.25) is 0 Å². The highest BCUT2D eigenvalue weighted by Gasteiger charge is 2.27. The van der Waals surface area contributed by atoms with Crippen LogP contribution in [0.1, 0.15) is 17.2 Å². The van der Waals surface area contributed by atoms with Gasteiger partial charge in [0.25, 0.3) is 0 Å². The molecule has 4 nitrogen and oxygen atoms in total. The van der Waals surface area contributed by atoms with Gasteiger partial charge in [-0.2, -0.15) is 0 Å². The summed E-state index contributed by atoms with van der Waals surface area (Å²) in [6.07, 6.45) is 0. The minimum Gasteiger partial charge on any atom is -0.479 e. The fourth-order valence-electron chi connectivity index (χ4n) is 2.76. The van der Waals surface area contributed by atoms with Crippen LogP contribution in [0.4, 0.5) is 5.69 Å². The van der Waals surface area contributed by atoms with Crippen molar-refractivity contribution in [3.05, 3.63) is 77.9 Å². The maximum Gasteiger partial charge on any atom is 0.332 e. The Morgan fingerprint density at radius 2 is 1.65 bits per heavy atom. The van der Waals surface area contributed by atoms with Gasteiger partial charge in [-0.05, 0) is 35.4 Å². The number of hydrogen-bond acceptors (Lipinski definition) is 3. The van der Waals surface area contributed by atoms with Gasteiger partial charge in [0.2, 0.25) is 0 Å². The number of carbonyl (C=O) groups is 1. The molecule has 0 radical (unpaired) electrons. The van der Waals surface area contributed by atoms with Crippen molar-refractivity contribution in [1.29, 1.82) is 0 Å². The van der Waals surface area contributed by atoms with Crippen molar-refractivity contribution in [2.75, 3.05) is 5.01 Å². The largest absolute Gasteiger partial charge is 0.479 e. The number of anilines is 1. The minimum atomic E-state index is -0.982. The number of rotatable bonds is 4. The SMILES string of the molecule is Cc1ccc(N(N)C(C(=O)O)c2cccc3ccccc23)cc1. The summed E-state index contributed by atoms with van der Waals surface area (Å²) in [6, 6.07) is 19.9. The van der Waals surface area contributed by atoms with E-state index < -0.39 is 12.0 Å². The molecule has 0 aliphatic carbocycles. The molecule has 3 rings (SSSR count). The molecule has 3 aromatic rings. The molecule has 0 aliphatic heterocycles. The maximum absolute atomic E-state index is 11.9. The minimum absolute atomic E-state index is 0.663. The van der Waals surface area contributed by atoms with E-state index in [0.717, 1.165) is 16.3 Å². The number of hydrazine groups is 1. The predicted octanol–water partition coefficient (Wildman–Crippen LogP) is 3.65. The topological polar surface area (TPSA) is 66.6 Å². The molecule has 0 amide bonds. The van der Waals surface area contributed by atoms with Gasteiger partial charge in [-0.25, -0.2) is 10.6 Å². The Morgan fingerprint density at radius 1 is 1.00 bits per heavy atom. The average molecular weight is 306 g/mol. The number of hydrogen-bond donors (Lipinski definition) is 2. The Balaban J connectivity index is 2.11. The van der Waals surface area contributed by atoms with Crippen LogP contribution in [-0.2, 0) is 4.79 Å². The van der Waals surface area contributed by atoms with E-state index in [2.05, 4.69) is 0 Å². The van der Waals surface area contributed by atoms with Gasteiger partial charge >= 0.3 is 5.97 Å². The van der Waals surface area contributed by atoms with E-state index in [1.807, 2.05) is 73.7 Å². The van der Waals surface area contributed by atoms with Crippen molar-refractivity contribution >= 4 is 22.4 Å². The summed E-state index contributed by atoms with van der Waals surface area (Å²) in [5.41, 5.74) is 2.44. The van der Waals surface area contributed by atoms with Crippen LogP contribution in [0, 0.1) is 6.92 Å². The third-order valence-electron chi connectivity index (χ3n) is 3.96. The fraction of sp³-hybridized carbons (Fsp3) is 0.105. The average Bonchev–Trinajstić information content (AvgIpc) is 2.55. The second-order valence-corrected chi connectivity index (χ2v) is 5.55. The summed E-state index contributed by atoms with van der Waals surface area (Å²) < 4.78 is 0. The molecule has 1 unspecified atom stereocenters. The Labute approximate surface area is 134 Å². The summed E-state index contributed by atoms with van der Waals surface area (Å²) in [6.45, 7) is 1.98. The van der Waals surface area contributed by atoms with Crippen LogP contribution < -0.4 is 10.9 Å². The first-order chi connectivity index (χ1) is 11.1. The number of carboxylic acid groups (broad SMARTS) is 1. The summed E-state index contributed by atoms with van der Waals surface area (Å²) in [5, 5.41) is 12.9. The van der Waals surface area contributed by atoms with Crippen LogP contribution in [0.3, 0.4) is 0 Å². The van der Waals surface area contributed by atoms with Crippen LogP contribution in [0.25, 0.3) is 10.8 Å². The van der Waals surface area contributed by atoms with E-state index in [9.17, 15) is 9.90 Å². The second-order valence-electron chi connectivity index (χ2n) is 5.55. The monoisotopic (exact) mass is 306 g/mol. The molecule has 3 N–H and O–H groups in total. The maximum atomic E-state index is 11.9. The molecule has 23 heavy (non-hydrogen) atoms. The number of nitrogens with two attached hydrogens (primary N) is 1. The summed E-state index contributed by atoms with van der Waals surface area (Å²) in [4.78, 5) is 11.9. The van der Waals surface area contributed by atoms with E-state index in [4.69, 9.17) is 5.84 Å². The molecule has 0 aromatic heterocycles. The molecule has 0 aliphatic rings. The lowest BCUT2D eigenvalue weighted by Crippen LogP contribution is -2.39. The molecule has 0 saturated heterocycles. The standard InChI is InChI=1S/C19H18N2O2/c1-13-9-11-15(12-10-13)21(20)18(19(22)23)17-8-4-6-14-5-2-3-7-16(14)17/h2-12,18H,20H2,1H3,(H,22,23). The number of nitrogens with zero attached hydrogens (tertiary/aromatic N) is 1. The second kappa shape index (κ2) is 6.10. The van der Waals surface area contributed by atoms with Gasteiger partial charge in [-0.1, -0.05) is 60.2 Å². The first-order valence-electron chi connectivity index (χ1n) is 7.39. The van der Waals surface area contributed by atoms with Crippen LogP contribution in [0.15, 0.2) is 66.7 Å². The van der Waals surface area contributed by atoms with Crippen molar-refractivity contribution in [2.24, 2.45) is 5.84 Å². The number of fused-ring (bicyclic) bond motifs is 1. The van der Waals surface area contributed by atoms with Crippen molar-refractivity contribution in [1.82, 2.24) is 0 Å². The molecule has 3 aromatic carbocycles. The van der Waals surface area contributed by atoms with E-state index in [0.29, 0.717) is 11.3 Å². The van der Waals surface area contributed by atoms with Gasteiger partial charge in [0, 0.05) is 0 Å². The fourth-order valence-corrected chi connectivity index (χ4v) is 2.76. The Hall–Kier alpha value is -2.85. The van der Waals surface area contributed by atoms with Gasteiger partial charge in [0.15, 0.2) is 6.04 Å². The molecule has 0 bridgehead atoms. The first-order valence-corrected chi connectivity index (χ1v) is 7.39. The first kappa shape index (κ1) is 15.1. The molecule has 116 valence electrons. The van der Waals surface area contributed by atoms with E-state index in [-0.39, 0.29) is 0 Å². The third kappa shape index (κ3) is 2.89. The highest BCUT2D eigenvalue weighted by Crippen LogP contribution is 2.30. The molecular formula is C19H18N2O2. The zero-order valence-corrected chi connectivity index (χ0v) is 12.8. The smallest absolute Gasteiger partial charge is 0.332 e. The van der Waals surface area contributed by atoms with E-state index in [1.54, 1.807) is 0 Å².